The van der Waals surface area contributed by atoms with Gasteiger partial charge in [-0.3, -0.25) is 9.10 Å². The van der Waals surface area contributed by atoms with Crippen molar-refractivity contribution in [2.75, 3.05) is 17.6 Å². The number of hydrogen-bond acceptors (Lipinski definition) is 6. The second-order valence-corrected chi connectivity index (χ2v) is 8.37. The molecule has 0 aliphatic carbocycles. The number of nitrogens with one attached hydrogen (secondary N) is 1. The highest BCUT2D eigenvalue weighted by Crippen LogP contribution is 2.24. The third-order valence-electron chi connectivity index (χ3n) is 3.97. The summed E-state index contributed by atoms with van der Waals surface area (Å²) in [5, 5.41) is 7.04. The van der Waals surface area contributed by atoms with E-state index in [1.807, 2.05) is 6.07 Å². The number of nitrogens with zero attached hydrogens (tertiary/aromatic N) is 3. The van der Waals surface area contributed by atoms with Crippen molar-refractivity contribution < 1.29 is 17.7 Å². The summed E-state index contributed by atoms with van der Waals surface area (Å²) in [5.41, 5.74) is 1.47. The Hall–Kier alpha value is -2.91. The zero-order valence-electron chi connectivity index (χ0n) is 15.1. The minimum Gasteiger partial charge on any atom is -0.343 e. The van der Waals surface area contributed by atoms with Gasteiger partial charge in [0.15, 0.2) is 0 Å². The summed E-state index contributed by atoms with van der Waals surface area (Å²) in [5.74, 6) is 0.214. The molecule has 28 heavy (non-hydrogen) atoms. The second kappa shape index (κ2) is 7.99. The maximum Gasteiger partial charge on any atom is 0.251 e. The Morgan fingerprint density at radius 2 is 1.86 bits per heavy atom. The van der Waals surface area contributed by atoms with E-state index >= 15 is 0 Å². The first-order valence-electron chi connectivity index (χ1n) is 8.15. The van der Waals surface area contributed by atoms with E-state index < -0.39 is 10.0 Å². The van der Waals surface area contributed by atoms with E-state index in [1.165, 1.54) is 19.2 Å². The molecular weight excluding hydrogens is 404 g/mol. The van der Waals surface area contributed by atoms with Gasteiger partial charge in [0.05, 0.1) is 23.5 Å². The van der Waals surface area contributed by atoms with Crippen molar-refractivity contribution in [2.24, 2.45) is 0 Å². The van der Waals surface area contributed by atoms with Crippen LogP contribution in [0.15, 0.2) is 53.1 Å². The molecule has 0 fully saturated rings. The first kappa shape index (κ1) is 19.8. The molecule has 0 bridgehead atoms. The van der Waals surface area contributed by atoms with Gasteiger partial charge in [-0.05, 0) is 36.4 Å². The Morgan fingerprint density at radius 1 is 1.18 bits per heavy atom. The van der Waals surface area contributed by atoms with Crippen molar-refractivity contribution in [3.8, 4) is 11.4 Å². The largest absolute Gasteiger partial charge is 0.343 e. The maximum atomic E-state index is 12.3. The lowest BCUT2D eigenvalue weighted by Crippen LogP contribution is -2.25. The molecule has 0 saturated carbocycles. The van der Waals surface area contributed by atoms with Gasteiger partial charge in [-0.15, -0.1) is 0 Å². The fourth-order valence-corrected chi connectivity index (χ4v) is 3.08. The number of carbonyl (C=O) groups excluding carboxylic acids is 1. The molecule has 3 rings (SSSR count). The third-order valence-corrected chi connectivity index (χ3v) is 5.51. The molecular formula is C18H17ClN4O4S. The summed E-state index contributed by atoms with van der Waals surface area (Å²) >= 11 is 6.11. The monoisotopic (exact) mass is 420 g/mol. The van der Waals surface area contributed by atoms with Crippen molar-refractivity contribution >= 4 is 33.2 Å². The van der Waals surface area contributed by atoms with Gasteiger partial charge in [-0.25, -0.2) is 8.42 Å². The molecule has 8 nitrogen and oxygen atoms in total. The van der Waals surface area contributed by atoms with Crippen molar-refractivity contribution in [3.63, 3.8) is 0 Å². The highest BCUT2D eigenvalue weighted by Gasteiger charge is 2.15. The number of sulfonamides is 1. The van der Waals surface area contributed by atoms with E-state index in [4.69, 9.17) is 16.1 Å². The van der Waals surface area contributed by atoms with Gasteiger partial charge in [-0.2, -0.15) is 4.98 Å². The van der Waals surface area contributed by atoms with Gasteiger partial charge >= 0.3 is 0 Å². The lowest BCUT2D eigenvalue weighted by Gasteiger charge is -2.16. The van der Waals surface area contributed by atoms with Crippen LogP contribution in [-0.4, -0.2) is 37.8 Å². The molecule has 0 radical (unpaired) electrons. The minimum atomic E-state index is -3.36. The molecule has 0 aliphatic rings. The predicted octanol–water partition coefficient (Wildman–Crippen LogP) is 2.72. The van der Waals surface area contributed by atoms with Crippen LogP contribution in [0.4, 0.5) is 5.69 Å². The van der Waals surface area contributed by atoms with Crippen molar-refractivity contribution in [1.82, 2.24) is 15.5 Å². The van der Waals surface area contributed by atoms with E-state index in [0.717, 1.165) is 10.6 Å². The maximum absolute atomic E-state index is 12.3. The van der Waals surface area contributed by atoms with Gasteiger partial charge in [0, 0.05) is 18.2 Å². The number of carbonyl (C=O) groups is 1. The van der Waals surface area contributed by atoms with E-state index in [1.54, 1.807) is 30.3 Å². The molecule has 0 spiro atoms. The number of benzene rings is 2. The number of hydrogen-bond donors (Lipinski definition) is 1. The molecule has 2 aromatic carbocycles. The second-order valence-electron chi connectivity index (χ2n) is 5.95. The first-order valence-corrected chi connectivity index (χ1v) is 10.4. The van der Waals surface area contributed by atoms with E-state index in [2.05, 4.69) is 15.5 Å². The Balaban J connectivity index is 1.64. The van der Waals surface area contributed by atoms with Gasteiger partial charge in [0.25, 0.3) is 5.91 Å². The number of amides is 1. The van der Waals surface area contributed by atoms with Crippen LogP contribution in [0, 0.1) is 0 Å². The molecule has 1 heterocycles. The average molecular weight is 421 g/mol. The van der Waals surface area contributed by atoms with Crippen LogP contribution in [0.5, 0.6) is 0 Å². The molecule has 1 aromatic heterocycles. The van der Waals surface area contributed by atoms with Crippen LogP contribution in [0.3, 0.4) is 0 Å². The molecule has 3 aromatic rings. The van der Waals surface area contributed by atoms with Crippen LogP contribution in [-0.2, 0) is 16.6 Å². The van der Waals surface area contributed by atoms with Crippen LogP contribution >= 0.6 is 11.6 Å². The topological polar surface area (TPSA) is 105 Å². The first-order chi connectivity index (χ1) is 13.3. The molecule has 1 N–H and O–H groups in total. The van der Waals surface area contributed by atoms with Crippen LogP contribution in [0.2, 0.25) is 5.02 Å². The summed E-state index contributed by atoms with van der Waals surface area (Å²) in [4.78, 5) is 16.5. The number of halogens is 1. The standard InChI is InChI=1S/C18H17ClN4O4S/c1-23(28(2,25)26)13-9-7-12(8-10-13)18(24)20-11-16-21-17(22-27-16)14-5-3-4-6-15(14)19/h3-10H,11H2,1-2H3,(H,20,24). The van der Waals surface area contributed by atoms with Gasteiger partial charge in [-0.1, -0.05) is 28.9 Å². The number of anilines is 1. The third kappa shape index (κ3) is 4.49. The molecule has 0 aliphatic heterocycles. The van der Waals surface area contributed by atoms with E-state index in [9.17, 15) is 13.2 Å². The van der Waals surface area contributed by atoms with Gasteiger partial charge in [0.2, 0.25) is 21.7 Å². The fourth-order valence-electron chi connectivity index (χ4n) is 2.35. The average Bonchev–Trinajstić information content (AvgIpc) is 3.14. The zero-order valence-corrected chi connectivity index (χ0v) is 16.7. The summed E-state index contributed by atoms with van der Waals surface area (Å²) in [6.45, 7) is 0.0429. The highest BCUT2D eigenvalue weighted by atomic mass is 35.5. The summed E-state index contributed by atoms with van der Waals surface area (Å²) in [6.07, 6.45) is 1.11. The van der Waals surface area contributed by atoms with Crippen LogP contribution < -0.4 is 9.62 Å². The predicted molar refractivity (Wildman–Crippen MR) is 106 cm³/mol. The SMILES string of the molecule is CN(c1ccc(C(=O)NCc2nc(-c3ccccc3Cl)no2)cc1)S(C)(=O)=O. The van der Waals surface area contributed by atoms with Crippen molar-refractivity contribution in [3.05, 3.63) is 65.0 Å². The Morgan fingerprint density at radius 3 is 2.50 bits per heavy atom. The Bertz CT molecular complexity index is 1100. The quantitative estimate of drug-likeness (QED) is 0.657. The molecule has 0 saturated heterocycles. The molecule has 10 heteroatoms. The number of rotatable bonds is 6. The Kier molecular flexibility index (Phi) is 5.66. The lowest BCUT2D eigenvalue weighted by atomic mass is 10.2. The summed E-state index contributed by atoms with van der Waals surface area (Å²) in [7, 11) is -1.92. The summed E-state index contributed by atoms with van der Waals surface area (Å²) in [6, 6.07) is 13.3. The fraction of sp³-hybridized carbons (Fsp3) is 0.167. The van der Waals surface area contributed by atoms with Crippen LogP contribution in [0.25, 0.3) is 11.4 Å². The molecule has 1 amide bonds. The lowest BCUT2D eigenvalue weighted by molar-refractivity contribution is 0.0946. The molecule has 0 unspecified atom stereocenters. The van der Waals surface area contributed by atoms with E-state index in [-0.39, 0.29) is 18.3 Å². The highest BCUT2D eigenvalue weighted by molar-refractivity contribution is 7.92. The van der Waals surface area contributed by atoms with Crippen molar-refractivity contribution in [1.29, 1.82) is 0 Å². The van der Waals surface area contributed by atoms with Crippen LogP contribution in [0.1, 0.15) is 16.2 Å². The molecule has 0 atom stereocenters. The van der Waals surface area contributed by atoms with Gasteiger partial charge in [0.1, 0.15) is 0 Å². The van der Waals surface area contributed by atoms with Crippen molar-refractivity contribution in [2.45, 2.75) is 6.54 Å². The van der Waals surface area contributed by atoms with Gasteiger partial charge < -0.3 is 9.84 Å². The molecule has 146 valence electrons. The Labute approximate surface area is 167 Å². The van der Waals surface area contributed by atoms with E-state index in [0.29, 0.717) is 27.7 Å². The normalized spacial score (nSPS) is 11.2. The summed E-state index contributed by atoms with van der Waals surface area (Å²) < 4.78 is 29.4. The number of aromatic nitrogens is 2. The smallest absolute Gasteiger partial charge is 0.251 e. The zero-order chi connectivity index (χ0) is 20.3. The minimum absolute atomic E-state index is 0.0429.